The Hall–Kier alpha value is -4.69. The predicted octanol–water partition coefficient (Wildman–Crippen LogP) is 7.50. The normalized spacial score (nSPS) is 26.2. The van der Waals surface area contributed by atoms with Gasteiger partial charge in [-0.05, 0) is 105 Å². The van der Waals surface area contributed by atoms with E-state index in [0.717, 1.165) is 32.2 Å². The number of nitrogens with zero attached hydrogens (tertiary/aromatic N) is 5. The molecule has 56 heavy (non-hydrogen) atoms. The van der Waals surface area contributed by atoms with Crippen molar-refractivity contribution in [3.05, 3.63) is 75.0 Å². The average Bonchev–Trinajstić information content (AvgIpc) is 3.87. The Bertz CT molecular complexity index is 2470. The van der Waals surface area contributed by atoms with Crippen molar-refractivity contribution >= 4 is 27.5 Å². The Kier molecular flexibility index (Phi) is 8.41. The maximum Gasteiger partial charge on any atom is 0.519 e. The van der Waals surface area contributed by atoms with Crippen molar-refractivity contribution < 1.29 is 36.2 Å². The smallest absolute Gasteiger partial charge is 0.508 e. The second-order valence-electron chi connectivity index (χ2n) is 16.4. The summed E-state index contributed by atoms with van der Waals surface area (Å²) in [6.45, 7) is 5.61. The number of piperazine rings is 1. The van der Waals surface area contributed by atoms with Gasteiger partial charge >= 0.3 is 11.8 Å². The van der Waals surface area contributed by atoms with Crippen LogP contribution in [0.4, 0.5) is 23.4 Å². The molecule has 4 fully saturated rings. The number of alkyl halides is 1. The fourth-order valence-electron chi connectivity index (χ4n) is 10.9. The molecule has 14 heteroatoms. The number of rotatable bonds is 7. The third kappa shape index (κ3) is 5.45. The average molecular weight is 774 g/mol. The molecule has 2 bridgehead atoms. The van der Waals surface area contributed by atoms with Crippen molar-refractivity contribution in [1.29, 1.82) is 0 Å². The number of aromatic nitrogens is 2. The van der Waals surface area contributed by atoms with E-state index in [-0.39, 0.29) is 82.5 Å². The van der Waals surface area contributed by atoms with Crippen LogP contribution < -0.4 is 15.5 Å². The minimum absolute atomic E-state index is 0.0222. The lowest BCUT2D eigenvalue weighted by atomic mass is 9.87. The minimum atomic E-state index is -0.975. The molecule has 3 aromatic carbocycles. The van der Waals surface area contributed by atoms with Gasteiger partial charge < -0.3 is 23.6 Å². The number of halogens is 4. The van der Waals surface area contributed by atoms with E-state index in [4.69, 9.17) is 23.5 Å². The molecule has 0 unspecified atom stereocenters. The summed E-state index contributed by atoms with van der Waals surface area (Å²) in [4.78, 5) is 28.2. The van der Waals surface area contributed by atoms with Gasteiger partial charge in [0.15, 0.2) is 11.6 Å². The SMILES string of the molecule is CCc1c(F)ccc2cc(O)cc(-c3c(F)c4c5c(nc(OC[C@@]67CCCN6C[C@H](F)C7)nc5c3F)N3C[C@H]5CC[C@@H]([C@H]3CCC4)N5Cc3oc(=O)oc3C)c12. The summed E-state index contributed by atoms with van der Waals surface area (Å²) >= 11 is 0. The number of hydrogen-bond donors (Lipinski definition) is 1. The molecule has 0 radical (unpaired) electrons. The van der Waals surface area contributed by atoms with E-state index >= 15 is 13.2 Å². The van der Waals surface area contributed by atoms with E-state index < -0.39 is 35.0 Å². The molecular weight excluding hydrogens is 730 g/mol. The first-order chi connectivity index (χ1) is 27.0. The van der Waals surface area contributed by atoms with Gasteiger partial charge in [0, 0.05) is 43.2 Å². The summed E-state index contributed by atoms with van der Waals surface area (Å²) in [5.41, 5.74) is -0.445. The first kappa shape index (κ1) is 35.7. The Morgan fingerprint density at radius 2 is 1.88 bits per heavy atom. The van der Waals surface area contributed by atoms with Crippen LogP contribution in [0.5, 0.6) is 11.8 Å². The molecule has 10 rings (SSSR count). The number of aryl methyl sites for hydroxylation is 3. The molecule has 7 heterocycles. The second-order valence-corrected chi connectivity index (χ2v) is 16.4. The van der Waals surface area contributed by atoms with Crippen LogP contribution in [0, 0.1) is 24.4 Å². The molecule has 5 aliphatic rings. The molecule has 5 aliphatic heterocycles. The molecular formula is C42H43F4N5O5. The molecule has 4 saturated heterocycles. The van der Waals surface area contributed by atoms with E-state index in [2.05, 4.69) is 14.7 Å². The van der Waals surface area contributed by atoms with Gasteiger partial charge in [0.1, 0.15) is 47.3 Å². The van der Waals surface area contributed by atoms with Crippen LogP contribution in [0.1, 0.15) is 74.5 Å². The summed E-state index contributed by atoms with van der Waals surface area (Å²) in [5.74, 6) is -1.88. The molecule has 1 N–H and O–H groups in total. The summed E-state index contributed by atoms with van der Waals surface area (Å²) in [6.07, 6.45) is 4.52. The van der Waals surface area contributed by atoms with E-state index in [1.807, 2.05) is 0 Å². The van der Waals surface area contributed by atoms with Crippen LogP contribution in [-0.4, -0.2) is 81.0 Å². The zero-order chi connectivity index (χ0) is 38.6. The standard InChI is InChI=1S/C42H43F4N5O5/c1-3-26-29(44)10-8-22-14-25(52)15-28(33(22)26)34-36(45)27-6-4-7-30-31-11-9-24(50(31)19-32-21(2)55-41(53)56-32)18-51(30)39-35(27)38(37(34)46)47-40(48-39)54-20-42-12-5-13-49(42)17-23(43)16-42/h8,10,14-15,23-24,30-31,52H,3-7,9,11-13,16-20H2,1-2H3/t23-,24-,30-,31+,42+/m1/s1. The minimum Gasteiger partial charge on any atom is -0.508 e. The molecule has 0 saturated carbocycles. The maximum atomic E-state index is 17.6. The third-order valence-corrected chi connectivity index (χ3v) is 13.4. The topological polar surface area (TPSA) is 108 Å². The van der Waals surface area contributed by atoms with Crippen LogP contribution in [0.3, 0.4) is 0 Å². The maximum absolute atomic E-state index is 17.6. The molecule has 5 atom stereocenters. The number of phenolic OH excluding ortho intramolecular Hbond substituents is 1. The first-order valence-electron chi connectivity index (χ1n) is 19.8. The fourth-order valence-corrected chi connectivity index (χ4v) is 10.9. The molecule has 0 spiro atoms. The highest BCUT2D eigenvalue weighted by Gasteiger charge is 2.50. The quantitative estimate of drug-likeness (QED) is 0.167. The highest BCUT2D eigenvalue weighted by Crippen LogP contribution is 2.48. The lowest BCUT2D eigenvalue weighted by molar-refractivity contribution is 0.106. The van der Waals surface area contributed by atoms with Crippen molar-refractivity contribution in [2.24, 2.45) is 0 Å². The van der Waals surface area contributed by atoms with Crippen molar-refractivity contribution in [2.75, 3.05) is 31.1 Å². The highest BCUT2D eigenvalue weighted by molar-refractivity contribution is 6.04. The van der Waals surface area contributed by atoms with Crippen molar-refractivity contribution in [3.8, 4) is 22.9 Å². The second kappa shape index (κ2) is 13.2. The number of hydrogen-bond acceptors (Lipinski definition) is 10. The summed E-state index contributed by atoms with van der Waals surface area (Å²) in [5, 5.41) is 11.9. The van der Waals surface area contributed by atoms with E-state index in [1.165, 1.54) is 24.3 Å². The Morgan fingerprint density at radius 3 is 2.68 bits per heavy atom. The molecule has 5 aromatic rings. The van der Waals surface area contributed by atoms with Crippen LogP contribution in [0.25, 0.3) is 32.8 Å². The summed E-state index contributed by atoms with van der Waals surface area (Å²) in [7, 11) is 0. The van der Waals surface area contributed by atoms with Crippen molar-refractivity contribution in [2.45, 2.75) is 108 Å². The first-order valence-corrected chi connectivity index (χ1v) is 19.8. The highest BCUT2D eigenvalue weighted by atomic mass is 19.1. The van der Waals surface area contributed by atoms with Crippen LogP contribution in [0.15, 0.2) is 37.9 Å². The zero-order valence-corrected chi connectivity index (χ0v) is 31.3. The lowest BCUT2D eigenvalue weighted by Gasteiger charge is -2.48. The Morgan fingerprint density at radius 1 is 1.02 bits per heavy atom. The van der Waals surface area contributed by atoms with Gasteiger partial charge in [-0.25, -0.2) is 22.4 Å². The fraction of sp³-hybridized carbons (Fsp3) is 0.500. The van der Waals surface area contributed by atoms with Gasteiger partial charge in [-0.2, -0.15) is 9.97 Å². The molecule has 2 aromatic heterocycles. The Labute approximate surface area is 320 Å². The number of fused-ring (bicyclic) bond motifs is 7. The van der Waals surface area contributed by atoms with Gasteiger partial charge in [-0.1, -0.05) is 13.0 Å². The van der Waals surface area contributed by atoms with Gasteiger partial charge in [-0.3, -0.25) is 9.80 Å². The zero-order valence-electron chi connectivity index (χ0n) is 31.3. The number of benzene rings is 3. The van der Waals surface area contributed by atoms with Crippen molar-refractivity contribution in [3.63, 3.8) is 0 Å². The predicted molar refractivity (Wildman–Crippen MR) is 200 cm³/mol. The number of anilines is 1. The van der Waals surface area contributed by atoms with E-state index in [9.17, 15) is 14.3 Å². The lowest BCUT2D eigenvalue weighted by Crippen LogP contribution is -2.60. The third-order valence-electron chi connectivity index (χ3n) is 13.4. The van der Waals surface area contributed by atoms with Gasteiger partial charge in [0.2, 0.25) is 0 Å². The molecule has 0 aliphatic carbocycles. The number of ether oxygens (including phenoxy) is 1. The number of phenols is 1. The summed E-state index contributed by atoms with van der Waals surface area (Å²) < 4.78 is 82.1. The van der Waals surface area contributed by atoms with Crippen LogP contribution in [-0.2, 0) is 19.4 Å². The van der Waals surface area contributed by atoms with Crippen molar-refractivity contribution in [1.82, 2.24) is 19.8 Å². The Balaban J connectivity index is 1.15. The van der Waals surface area contributed by atoms with E-state index in [0.29, 0.717) is 67.0 Å². The molecule has 10 nitrogen and oxygen atoms in total. The summed E-state index contributed by atoms with van der Waals surface area (Å²) in [6, 6.07) is 5.45. The van der Waals surface area contributed by atoms with Gasteiger partial charge in [0.25, 0.3) is 0 Å². The molecule has 0 amide bonds. The van der Waals surface area contributed by atoms with E-state index in [1.54, 1.807) is 13.8 Å². The van der Waals surface area contributed by atoms with Crippen LogP contribution in [0.2, 0.25) is 0 Å². The van der Waals surface area contributed by atoms with Gasteiger partial charge in [-0.15, -0.1) is 0 Å². The monoisotopic (exact) mass is 773 g/mol. The molecule has 294 valence electrons. The van der Waals surface area contributed by atoms with Crippen LogP contribution >= 0.6 is 0 Å². The number of aromatic hydroxyl groups is 1. The largest absolute Gasteiger partial charge is 0.519 e. The van der Waals surface area contributed by atoms with Gasteiger partial charge in [0.05, 0.1) is 23.0 Å².